The molecule has 98 valence electrons. The van der Waals surface area contributed by atoms with E-state index in [1.807, 2.05) is 43.3 Å². The van der Waals surface area contributed by atoms with Crippen molar-refractivity contribution in [3.8, 4) is 16.9 Å². The Morgan fingerprint density at radius 1 is 1.05 bits per heavy atom. The van der Waals surface area contributed by atoms with Gasteiger partial charge in [-0.05, 0) is 30.2 Å². The number of methoxy groups -OCH3 is 2. The second-order valence-electron chi connectivity index (χ2n) is 4.23. The monoisotopic (exact) mass is 256 g/mol. The number of benzene rings is 2. The van der Waals surface area contributed by atoms with Crippen molar-refractivity contribution in [3.05, 3.63) is 53.6 Å². The van der Waals surface area contributed by atoms with E-state index in [0.29, 0.717) is 5.56 Å². The molecule has 2 aromatic rings. The van der Waals surface area contributed by atoms with Crippen LogP contribution in [0.3, 0.4) is 0 Å². The van der Waals surface area contributed by atoms with Crippen LogP contribution in [0.5, 0.6) is 5.75 Å². The average Bonchev–Trinajstić information content (AvgIpc) is 2.46. The summed E-state index contributed by atoms with van der Waals surface area (Å²) in [6, 6.07) is 13.3. The first kappa shape index (κ1) is 13.1. The molecule has 0 aliphatic heterocycles. The molecule has 0 fully saturated rings. The van der Waals surface area contributed by atoms with Crippen molar-refractivity contribution in [1.82, 2.24) is 0 Å². The molecular weight excluding hydrogens is 240 g/mol. The third-order valence-electron chi connectivity index (χ3n) is 3.01. The van der Waals surface area contributed by atoms with Gasteiger partial charge in [-0.25, -0.2) is 4.79 Å². The maximum atomic E-state index is 11.6. The highest BCUT2D eigenvalue weighted by Gasteiger charge is 2.11. The molecule has 0 aromatic heterocycles. The first-order valence-corrected chi connectivity index (χ1v) is 5.99. The second kappa shape index (κ2) is 5.57. The summed E-state index contributed by atoms with van der Waals surface area (Å²) in [6.07, 6.45) is 0. The predicted octanol–water partition coefficient (Wildman–Crippen LogP) is 3.46. The van der Waals surface area contributed by atoms with E-state index in [4.69, 9.17) is 9.47 Å². The van der Waals surface area contributed by atoms with Gasteiger partial charge in [0, 0.05) is 5.56 Å². The maximum absolute atomic E-state index is 11.6. The summed E-state index contributed by atoms with van der Waals surface area (Å²) in [4.78, 5) is 11.6. The highest BCUT2D eigenvalue weighted by atomic mass is 16.5. The fourth-order valence-electron chi connectivity index (χ4n) is 2.08. The standard InChI is InChI=1S/C16H16O3/c1-11-6-4-9-14(15(11)18-2)12-7-5-8-13(10-12)16(17)19-3/h4-10H,1-3H3. The zero-order valence-corrected chi connectivity index (χ0v) is 11.3. The van der Waals surface area contributed by atoms with Crippen LogP contribution in [0, 0.1) is 6.92 Å². The van der Waals surface area contributed by atoms with Gasteiger partial charge in [-0.1, -0.05) is 30.3 Å². The lowest BCUT2D eigenvalue weighted by atomic mass is 10.00. The van der Waals surface area contributed by atoms with Crippen molar-refractivity contribution in [2.75, 3.05) is 14.2 Å². The van der Waals surface area contributed by atoms with Crippen molar-refractivity contribution in [3.63, 3.8) is 0 Å². The topological polar surface area (TPSA) is 35.5 Å². The number of hydrogen-bond donors (Lipinski definition) is 0. The average molecular weight is 256 g/mol. The number of rotatable bonds is 3. The predicted molar refractivity (Wildman–Crippen MR) is 74.5 cm³/mol. The normalized spacial score (nSPS) is 10.1. The number of carbonyl (C=O) groups is 1. The molecule has 0 atom stereocenters. The smallest absolute Gasteiger partial charge is 0.337 e. The first-order chi connectivity index (χ1) is 9.17. The molecule has 0 amide bonds. The first-order valence-electron chi connectivity index (χ1n) is 5.99. The molecule has 2 aromatic carbocycles. The van der Waals surface area contributed by atoms with Crippen LogP contribution in [-0.2, 0) is 4.74 Å². The van der Waals surface area contributed by atoms with Gasteiger partial charge in [-0.2, -0.15) is 0 Å². The van der Waals surface area contributed by atoms with Gasteiger partial charge < -0.3 is 9.47 Å². The molecule has 3 heteroatoms. The highest BCUT2D eigenvalue weighted by Crippen LogP contribution is 2.33. The summed E-state index contributed by atoms with van der Waals surface area (Å²) in [5, 5.41) is 0. The Morgan fingerprint density at radius 2 is 1.79 bits per heavy atom. The Balaban J connectivity index is 2.53. The molecule has 0 heterocycles. The lowest BCUT2D eigenvalue weighted by molar-refractivity contribution is 0.0601. The van der Waals surface area contributed by atoms with E-state index < -0.39 is 0 Å². The minimum Gasteiger partial charge on any atom is -0.496 e. The van der Waals surface area contributed by atoms with E-state index in [0.717, 1.165) is 22.4 Å². The Hall–Kier alpha value is -2.29. The van der Waals surface area contributed by atoms with Crippen LogP contribution in [-0.4, -0.2) is 20.2 Å². The third-order valence-corrected chi connectivity index (χ3v) is 3.01. The molecule has 0 saturated carbocycles. The Morgan fingerprint density at radius 3 is 2.47 bits per heavy atom. The minimum atomic E-state index is -0.339. The molecule has 0 saturated heterocycles. The summed E-state index contributed by atoms with van der Waals surface area (Å²) in [5.74, 6) is 0.484. The van der Waals surface area contributed by atoms with Crippen LogP contribution in [0.25, 0.3) is 11.1 Å². The van der Waals surface area contributed by atoms with Gasteiger partial charge in [-0.15, -0.1) is 0 Å². The van der Waals surface area contributed by atoms with Gasteiger partial charge in [-0.3, -0.25) is 0 Å². The molecule has 0 radical (unpaired) electrons. The number of aryl methyl sites for hydroxylation is 1. The molecule has 0 aliphatic rings. The Labute approximate surface area is 112 Å². The van der Waals surface area contributed by atoms with Gasteiger partial charge in [0.15, 0.2) is 0 Å². The van der Waals surface area contributed by atoms with Crippen LogP contribution >= 0.6 is 0 Å². The fourth-order valence-corrected chi connectivity index (χ4v) is 2.08. The van der Waals surface area contributed by atoms with Gasteiger partial charge in [0.25, 0.3) is 0 Å². The number of carbonyl (C=O) groups excluding carboxylic acids is 1. The lowest BCUT2D eigenvalue weighted by Crippen LogP contribution is -2.01. The zero-order valence-electron chi connectivity index (χ0n) is 11.3. The van der Waals surface area contributed by atoms with Gasteiger partial charge in [0.1, 0.15) is 5.75 Å². The molecule has 19 heavy (non-hydrogen) atoms. The third kappa shape index (κ3) is 2.60. The summed E-state index contributed by atoms with van der Waals surface area (Å²) < 4.78 is 10.2. The molecule has 3 nitrogen and oxygen atoms in total. The van der Waals surface area contributed by atoms with Crippen LogP contribution in [0.15, 0.2) is 42.5 Å². The summed E-state index contributed by atoms with van der Waals surface area (Å²) in [6.45, 7) is 1.99. The molecule has 2 rings (SSSR count). The van der Waals surface area contributed by atoms with Crippen LogP contribution < -0.4 is 4.74 Å². The zero-order chi connectivity index (χ0) is 13.8. The summed E-state index contributed by atoms with van der Waals surface area (Å²) >= 11 is 0. The number of hydrogen-bond acceptors (Lipinski definition) is 3. The molecule has 0 aliphatic carbocycles. The lowest BCUT2D eigenvalue weighted by Gasteiger charge is -2.12. The van der Waals surface area contributed by atoms with E-state index >= 15 is 0 Å². The van der Waals surface area contributed by atoms with Crippen LogP contribution in [0.2, 0.25) is 0 Å². The number of ether oxygens (including phenoxy) is 2. The Bertz CT molecular complexity index is 603. The minimum absolute atomic E-state index is 0.339. The molecule has 0 spiro atoms. The summed E-state index contributed by atoms with van der Waals surface area (Å²) in [7, 11) is 3.03. The van der Waals surface area contributed by atoms with Gasteiger partial charge in [0.2, 0.25) is 0 Å². The molecule has 0 unspecified atom stereocenters. The highest BCUT2D eigenvalue weighted by molar-refractivity contribution is 5.91. The fraction of sp³-hybridized carbons (Fsp3) is 0.188. The van der Waals surface area contributed by atoms with E-state index in [-0.39, 0.29) is 5.97 Å². The number of esters is 1. The maximum Gasteiger partial charge on any atom is 0.337 e. The molecule has 0 N–H and O–H groups in total. The second-order valence-corrected chi connectivity index (χ2v) is 4.23. The van der Waals surface area contributed by atoms with Crippen molar-refractivity contribution < 1.29 is 14.3 Å². The van der Waals surface area contributed by atoms with E-state index in [2.05, 4.69) is 0 Å². The molecule has 0 bridgehead atoms. The summed E-state index contributed by atoms with van der Waals surface area (Å²) in [5.41, 5.74) is 3.49. The quantitative estimate of drug-likeness (QED) is 0.789. The number of para-hydroxylation sites is 1. The SMILES string of the molecule is COC(=O)c1cccc(-c2cccc(C)c2OC)c1. The molecular formula is C16H16O3. The van der Waals surface area contributed by atoms with Crippen molar-refractivity contribution in [2.24, 2.45) is 0 Å². The van der Waals surface area contributed by atoms with Gasteiger partial charge >= 0.3 is 5.97 Å². The van der Waals surface area contributed by atoms with Crippen LogP contribution in [0.1, 0.15) is 15.9 Å². The largest absolute Gasteiger partial charge is 0.496 e. The van der Waals surface area contributed by atoms with E-state index in [1.165, 1.54) is 7.11 Å². The van der Waals surface area contributed by atoms with Gasteiger partial charge in [0.05, 0.1) is 19.8 Å². The van der Waals surface area contributed by atoms with Crippen molar-refractivity contribution in [1.29, 1.82) is 0 Å². The van der Waals surface area contributed by atoms with E-state index in [1.54, 1.807) is 13.2 Å². The Kier molecular flexibility index (Phi) is 3.85. The van der Waals surface area contributed by atoms with E-state index in [9.17, 15) is 4.79 Å². The van der Waals surface area contributed by atoms with Crippen molar-refractivity contribution in [2.45, 2.75) is 6.92 Å². The van der Waals surface area contributed by atoms with Crippen LogP contribution in [0.4, 0.5) is 0 Å². The van der Waals surface area contributed by atoms with Crippen molar-refractivity contribution >= 4 is 5.97 Å².